The Labute approximate surface area is 159 Å². The lowest BCUT2D eigenvalue weighted by Crippen LogP contribution is -2.31. The number of hydrogen-bond acceptors (Lipinski definition) is 2. The topological polar surface area (TPSA) is 9.23 Å². The minimum Gasteiger partial charge on any atom is -0.342 e. The molecule has 1 fully saturated rings. The lowest BCUT2D eigenvalue weighted by Gasteiger charge is -2.34. The molecule has 0 aliphatic carbocycles. The van der Waals surface area contributed by atoms with Gasteiger partial charge in [0.1, 0.15) is 0 Å². The van der Waals surface area contributed by atoms with Gasteiger partial charge in [-0.2, -0.15) is 0 Å². The molecule has 0 spiro atoms. The number of rotatable bonds is 9. The summed E-state index contributed by atoms with van der Waals surface area (Å²) < 4.78 is 6.60. The van der Waals surface area contributed by atoms with Crippen LogP contribution in [0.2, 0.25) is 0 Å². The van der Waals surface area contributed by atoms with Crippen molar-refractivity contribution >= 4 is 23.4 Å². The smallest absolute Gasteiger partial charge is 0.0966 e. The van der Waals surface area contributed by atoms with E-state index in [1.807, 2.05) is 0 Å². The summed E-state index contributed by atoms with van der Waals surface area (Å²) in [6.45, 7) is 7.00. The highest BCUT2D eigenvalue weighted by Crippen LogP contribution is 2.78. The zero-order valence-corrected chi connectivity index (χ0v) is 17.8. The van der Waals surface area contributed by atoms with Crippen LogP contribution in [0.15, 0.2) is 35.9 Å². The molecule has 2 aliphatic rings. The SMILES string of the molecule is CCCCCCCCCC1OP2(=S)CC1(C)C(C)=C2c1ccccc1. The molecule has 25 heavy (non-hydrogen) atoms. The second kappa shape index (κ2) is 8.07. The molecule has 0 aromatic heterocycles. The first kappa shape index (κ1) is 19.3. The van der Waals surface area contributed by atoms with E-state index in [0.29, 0.717) is 6.10 Å². The van der Waals surface area contributed by atoms with E-state index in [4.69, 9.17) is 16.3 Å². The maximum atomic E-state index is 6.60. The van der Waals surface area contributed by atoms with E-state index in [2.05, 4.69) is 51.1 Å². The maximum Gasteiger partial charge on any atom is 0.0966 e. The summed E-state index contributed by atoms with van der Waals surface area (Å²) in [7, 11) is 0. The first-order valence-electron chi connectivity index (χ1n) is 10.1. The molecule has 1 saturated heterocycles. The number of fused-ring (bicyclic) bond motifs is 2. The Bertz CT molecular complexity index is 666. The Morgan fingerprint density at radius 3 is 2.36 bits per heavy atom. The Hall–Kier alpha value is -0.430. The third-order valence-corrected chi connectivity index (χ3v) is 10.4. The largest absolute Gasteiger partial charge is 0.342 e. The summed E-state index contributed by atoms with van der Waals surface area (Å²) in [6, 6.07) is 10.7. The maximum absolute atomic E-state index is 6.60. The summed E-state index contributed by atoms with van der Waals surface area (Å²) >= 11 is 6.12. The van der Waals surface area contributed by atoms with Crippen molar-refractivity contribution in [2.24, 2.45) is 5.41 Å². The van der Waals surface area contributed by atoms with Gasteiger partial charge in [-0.1, -0.05) is 107 Å². The van der Waals surface area contributed by atoms with Gasteiger partial charge in [0.2, 0.25) is 0 Å². The van der Waals surface area contributed by atoms with Crippen LogP contribution in [0, 0.1) is 5.41 Å². The fourth-order valence-electron chi connectivity index (χ4n) is 4.58. The summed E-state index contributed by atoms with van der Waals surface area (Å²) in [5, 5.41) is 1.38. The molecule has 0 radical (unpaired) electrons. The second-order valence-electron chi connectivity index (χ2n) is 8.09. The van der Waals surface area contributed by atoms with Crippen LogP contribution in [0.5, 0.6) is 0 Å². The van der Waals surface area contributed by atoms with Crippen LogP contribution >= 0.6 is 6.26 Å². The molecule has 0 amide bonds. The molecule has 3 rings (SSSR count). The van der Waals surface area contributed by atoms with Crippen LogP contribution in [0.4, 0.5) is 0 Å². The third kappa shape index (κ3) is 3.82. The molecule has 2 aliphatic heterocycles. The van der Waals surface area contributed by atoms with Crippen LogP contribution < -0.4 is 0 Å². The molecular formula is C22H33OPS. The average molecular weight is 377 g/mol. The minimum atomic E-state index is -1.84. The van der Waals surface area contributed by atoms with E-state index >= 15 is 0 Å². The van der Waals surface area contributed by atoms with Crippen molar-refractivity contribution in [3.8, 4) is 0 Å². The molecule has 3 heteroatoms. The number of hydrogen-bond donors (Lipinski definition) is 0. The van der Waals surface area contributed by atoms with Crippen molar-refractivity contribution < 1.29 is 4.52 Å². The Morgan fingerprint density at radius 2 is 1.72 bits per heavy atom. The van der Waals surface area contributed by atoms with Gasteiger partial charge in [0.15, 0.2) is 0 Å². The first-order valence-corrected chi connectivity index (χ1v) is 13.0. The Morgan fingerprint density at radius 1 is 1.08 bits per heavy atom. The summed E-state index contributed by atoms with van der Waals surface area (Å²) in [5.41, 5.74) is 2.98. The second-order valence-corrected chi connectivity index (χ2v) is 12.2. The van der Waals surface area contributed by atoms with Gasteiger partial charge in [-0.15, -0.1) is 0 Å². The third-order valence-electron chi connectivity index (χ3n) is 6.21. The first-order chi connectivity index (χ1) is 12.0. The molecule has 3 unspecified atom stereocenters. The molecule has 2 heterocycles. The van der Waals surface area contributed by atoms with Gasteiger partial charge in [0.05, 0.1) is 12.4 Å². The predicted molar refractivity (Wildman–Crippen MR) is 114 cm³/mol. The van der Waals surface area contributed by atoms with Crippen molar-refractivity contribution in [1.82, 2.24) is 0 Å². The summed E-state index contributed by atoms with van der Waals surface area (Å²) in [5.74, 6) is 0. The minimum absolute atomic E-state index is 0.170. The molecule has 138 valence electrons. The Balaban J connectivity index is 1.62. The summed E-state index contributed by atoms with van der Waals surface area (Å²) in [6.07, 6.45) is 10.3. The molecule has 2 bridgehead atoms. The lowest BCUT2D eigenvalue weighted by atomic mass is 9.77. The van der Waals surface area contributed by atoms with Gasteiger partial charge in [-0.05, 0) is 18.9 Å². The van der Waals surface area contributed by atoms with E-state index in [1.165, 1.54) is 67.8 Å². The fraction of sp³-hybridized carbons (Fsp3) is 0.636. The van der Waals surface area contributed by atoms with Gasteiger partial charge in [0, 0.05) is 16.9 Å². The number of benzene rings is 1. The molecule has 1 aromatic carbocycles. The van der Waals surface area contributed by atoms with Crippen LogP contribution in [-0.2, 0) is 16.3 Å². The van der Waals surface area contributed by atoms with Crippen molar-refractivity contribution in [1.29, 1.82) is 0 Å². The van der Waals surface area contributed by atoms with Crippen molar-refractivity contribution in [2.45, 2.75) is 78.2 Å². The summed E-state index contributed by atoms with van der Waals surface area (Å²) in [4.78, 5) is 0. The zero-order valence-electron chi connectivity index (χ0n) is 16.1. The van der Waals surface area contributed by atoms with Crippen LogP contribution in [-0.4, -0.2) is 12.3 Å². The van der Waals surface area contributed by atoms with Crippen LogP contribution in [0.3, 0.4) is 0 Å². The van der Waals surface area contributed by atoms with Gasteiger partial charge in [0.25, 0.3) is 0 Å². The standard InChI is InChI=1S/C22H33OPS/c1-4-5-6-7-8-9-13-16-20-22(3)17-24(25,23-20)21(18(22)2)19-14-11-10-12-15-19/h10-12,14-15,20H,4-9,13,16-17H2,1-3H3. The molecule has 0 N–H and O–H groups in total. The molecule has 1 nitrogen and oxygen atoms in total. The van der Waals surface area contributed by atoms with Crippen molar-refractivity contribution in [3.63, 3.8) is 0 Å². The normalized spacial score (nSPS) is 31.1. The number of unbranched alkanes of at least 4 members (excludes halogenated alkanes) is 6. The predicted octanol–water partition coefficient (Wildman–Crippen LogP) is 7.37. The zero-order chi connectivity index (χ0) is 17.9. The van der Waals surface area contributed by atoms with Crippen molar-refractivity contribution in [3.05, 3.63) is 41.5 Å². The van der Waals surface area contributed by atoms with E-state index in [9.17, 15) is 0 Å². The van der Waals surface area contributed by atoms with Crippen molar-refractivity contribution in [2.75, 3.05) is 6.16 Å². The van der Waals surface area contributed by atoms with Gasteiger partial charge < -0.3 is 4.52 Å². The Kier molecular flexibility index (Phi) is 6.24. The van der Waals surface area contributed by atoms with E-state index < -0.39 is 6.26 Å². The molecular weight excluding hydrogens is 343 g/mol. The highest BCUT2D eigenvalue weighted by Gasteiger charge is 2.57. The van der Waals surface area contributed by atoms with Crippen LogP contribution in [0.25, 0.3) is 5.31 Å². The fourth-order valence-corrected chi connectivity index (χ4v) is 10.1. The molecule has 1 aromatic rings. The van der Waals surface area contributed by atoms with E-state index in [1.54, 1.807) is 0 Å². The monoisotopic (exact) mass is 376 g/mol. The van der Waals surface area contributed by atoms with Gasteiger partial charge in [-0.25, -0.2) is 0 Å². The molecule has 0 saturated carbocycles. The lowest BCUT2D eigenvalue weighted by molar-refractivity contribution is 0.134. The van der Waals surface area contributed by atoms with E-state index in [-0.39, 0.29) is 5.41 Å². The highest BCUT2D eigenvalue weighted by atomic mass is 32.4. The van der Waals surface area contributed by atoms with E-state index in [0.717, 1.165) is 6.16 Å². The van der Waals surface area contributed by atoms with Crippen LogP contribution in [0.1, 0.15) is 77.7 Å². The average Bonchev–Trinajstić information content (AvgIpc) is 2.97. The van der Waals surface area contributed by atoms with Gasteiger partial charge in [-0.3, -0.25) is 0 Å². The van der Waals surface area contributed by atoms with Gasteiger partial charge >= 0.3 is 0 Å². The highest BCUT2D eigenvalue weighted by molar-refractivity contribution is 8.17. The molecule has 3 atom stereocenters. The quantitative estimate of drug-likeness (QED) is 0.328.